The molecule has 0 atom stereocenters. The van der Waals surface area contributed by atoms with Crippen molar-refractivity contribution in [1.82, 2.24) is 14.4 Å². The van der Waals surface area contributed by atoms with Crippen molar-refractivity contribution in [3.8, 4) is 11.3 Å². The molecule has 4 aromatic rings. The number of aromatic nitrogens is 3. The number of carbonyl (C=O) groups is 1. The topological polar surface area (TPSA) is 59.3 Å². The number of benzene rings is 2. The lowest BCUT2D eigenvalue weighted by atomic mass is 10.1. The zero-order valence-electron chi connectivity index (χ0n) is 13.4. The lowest BCUT2D eigenvalue weighted by molar-refractivity contribution is 0.102. The lowest BCUT2D eigenvalue weighted by Crippen LogP contribution is -2.12. The largest absolute Gasteiger partial charge is 0.322 e. The molecule has 2 aromatic heterocycles. The Kier molecular flexibility index (Phi) is 3.89. The Balaban J connectivity index is 1.53. The Morgan fingerprint density at radius 1 is 1.04 bits per heavy atom. The lowest BCUT2D eigenvalue weighted by Gasteiger charge is -2.06. The summed E-state index contributed by atoms with van der Waals surface area (Å²) in [6, 6.07) is 11.9. The van der Waals surface area contributed by atoms with Crippen molar-refractivity contribution in [2.75, 3.05) is 5.32 Å². The molecule has 7 heteroatoms. The molecule has 4 rings (SSSR count). The standard InChI is InChI=1S/C19H12F2N4O/c20-15-7-4-13(10-16(15)21)18(26)23-14-5-2-12(3-6-14)17-11-25-9-1-8-22-19(25)24-17/h1-11H,(H,23,26). The third-order valence-corrected chi connectivity index (χ3v) is 3.86. The quantitative estimate of drug-likeness (QED) is 0.609. The molecule has 1 N–H and O–H groups in total. The van der Waals surface area contributed by atoms with Crippen molar-refractivity contribution in [2.45, 2.75) is 0 Å². The first-order valence-electron chi connectivity index (χ1n) is 7.77. The molecule has 0 unspecified atom stereocenters. The summed E-state index contributed by atoms with van der Waals surface area (Å²) in [5, 5.41) is 2.64. The third kappa shape index (κ3) is 3.02. The van der Waals surface area contributed by atoms with Gasteiger partial charge in [0.2, 0.25) is 5.78 Å². The minimum Gasteiger partial charge on any atom is -0.322 e. The van der Waals surface area contributed by atoms with Crippen molar-refractivity contribution < 1.29 is 13.6 Å². The zero-order valence-corrected chi connectivity index (χ0v) is 13.4. The van der Waals surface area contributed by atoms with Gasteiger partial charge in [0.25, 0.3) is 5.91 Å². The number of halogens is 2. The molecule has 0 radical (unpaired) electrons. The zero-order chi connectivity index (χ0) is 18.1. The molecule has 26 heavy (non-hydrogen) atoms. The summed E-state index contributed by atoms with van der Waals surface area (Å²) in [4.78, 5) is 20.7. The highest BCUT2D eigenvalue weighted by Crippen LogP contribution is 2.21. The third-order valence-electron chi connectivity index (χ3n) is 3.86. The summed E-state index contributed by atoms with van der Waals surface area (Å²) < 4.78 is 28.0. The van der Waals surface area contributed by atoms with Crippen molar-refractivity contribution in [2.24, 2.45) is 0 Å². The normalized spacial score (nSPS) is 10.8. The second-order valence-electron chi connectivity index (χ2n) is 5.61. The highest BCUT2D eigenvalue weighted by molar-refractivity contribution is 6.04. The molecule has 5 nitrogen and oxygen atoms in total. The second-order valence-corrected chi connectivity index (χ2v) is 5.61. The van der Waals surface area contributed by atoms with Gasteiger partial charge in [-0.3, -0.25) is 9.20 Å². The van der Waals surface area contributed by atoms with E-state index in [1.165, 1.54) is 6.07 Å². The molecule has 2 heterocycles. The molecule has 0 aliphatic carbocycles. The number of rotatable bonds is 3. The molecule has 0 bridgehead atoms. The van der Waals surface area contributed by atoms with E-state index < -0.39 is 17.5 Å². The average molecular weight is 350 g/mol. The first kappa shape index (κ1) is 15.9. The van der Waals surface area contributed by atoms with Crippen LogP contribution in [0.3, 0.4) is 0 Å². The summed E-state index contributed by atoms with van der Waals surface area (Å²) in [7, 11) is 0. The summed E-state index contributed by atoms with van der Waals surface area (Å²) >= 11 is 0. The molecule has 0 aliphatic rings. The SMILES string of the molecule is O=C(Nc1ccc(-c2cn3cccnc3n2)cc1)c1ccc(F)c(F)c1. The molecule has 2 aromatic carbocycles. The Hall–Kier alpha value is -3.61. The second kappa shape index (κ2) is 6.36. The van der Waals surface area contributed by atoms with E-state index in [9.17, 15) is 13.6 Å². The van der Waals surface area contributed by atoms with E-state index in [0.29, 0.717) is 11.5 Å². The van der Waals surface area contributed by atoms with Gasteiger partial charge in [0.05, 0.1) is 5.69 Å². The van der Waals surface area contributed by atoms with E-state index in [4.69, 9.17) is 0 Å². The maximum atomic E-state index is 13.2. The predicted octanol–water partition coefficient (Wildman–Crippen LogP) is 3.93. The van der Waals surface area contributed by atoms with Crippen LogP contribution in [0.1, 0.15) is 10.4 Å². The van der Waals surface area contributed by atoms with Crippen LogP contribution in [0, 0.1) is 11.6 Å². The number of carbonyl (C=O) groups excluding carboxylic acids is 1. The van der Waals surface area contributed by atoms with Crippen LogP contribution >= 0.6 is 0 Å². The van der Waals surface area contributed by atoms with Gasteiger partial charge in [-0.25, -0.2) is 18.7 Å². The van der Waals surface area contributed by atoms with E-state index in [1.54, 1.807) is 18.3 Å². The fourth-order valence-corrected chi connectivity index (χ4v) is 2.53. The van der Waals surface area contributed by atoms with E-state index in [0.717, 1.165) is 23.4 Å². The van der Waals surface area contributed by atoms with E-state index in [1.807, 2.05) is 35.0 Å². The fraction of sp³-hybridized carbons (Fsp3) is 0. The molecule has 0 saturated heterocycles. The van der Waals surface area contributed by atoms with Crippen molar-refractivity contribution in [1.29, 1.82) is 0 Å². The highest BCUT2D eigenvalue weighted by atomic mass is 19.2. The summed E-state index contributed by atoms with van der Waals surface area (Å²) in [6.45, 7) is 0. The number of fused-ring (bicyclic) bond motifs is 1. The van der Waals surface area contributed by atoms with Gasteiger partial charge in [-0.05, 0) is 36.4 Å². The van der Waals surface area contributed by atoms with Gasteiger partial charge >= 0.3 is 0 Å². The van der Waals surface area contributed by atoms with E-state index >= 15 is 0 Å². The van der Waals surface area contributed by atoms with E-state index in [2.05, 4.69) is 15.3 Å². The monoisotopic (exact) mass is 350 g/mol. The highest BCUT2D eigenvalue weighted by Gasteiger charge is 2.10. The number of hydrogen-bond donors (Lipinski definition) is 1. The van der Waals surface area contributed by atoms with Crippen molar-refractivity contribution in [3.63, 3.8) is 0 Å². The van der Waals surface area contributed by atoms with Crippen LogP contribution in [0.2, 0.25) is 0 Å². The van der Waals surface area contributed by atoms with Crippen LogP contribution in [0.15, 0.2) is 67.1 Å². The average Bonchev–Trinajstić information content (AvgIpc) is 3.08. The fourth-order valence-electron chi connectivity index (χ4n) is 2.53. The Morgan fingerprint density at radius 2 is 1.85 bits per heavy atom. The molecule has 0 fully saturated rings. The minimum absolute atomic E-state index is 0.0411. The van der Waals surface area contributed by atoms with Gasteiger partial charge in [-0.15, -0.1) is 0 Å². The van der Waals surface area contributed by atoms with Gasteiger partial charge in [0, 0.05) is 35.4 Å². The van der Waals surface area contributed by atoms with Gasteiger partial charge in [0.15, 0.2) is 11.6 Å². The number of amides is 1. The number of nitrogens with zero attached hydrogens (tertiary/aromatic N) is 3. The number of nitrogens with one attached hydrogen (secondary N) is 1. The van der Waals surface area contributed by atoms with Crippen LogP contribution < -0.4 is 5.32 Å². The first-order chi connectivity index (χ1) is 12.6. The van der Waals surface area contributed by atoms with Gasteiger partial charge in [0.1, 0.15) is 0 Å². The maximum Gasteiger partial charge on any atom is 0.255 e. The summed E-state index contributed by atoms with van der Waals surface area (Å²) in [5.74, 6) is -1.98. The van der Waals surface area contributed by atoms with Crippen LogP contribution in [0.25, 0.3) is 17.0 Å². The molecule has 0 spiro atoms. The number of imidazole rings is 1. The molecule has 1 amide bonds. The van der Waals surface area contributed by atoms with Crippen LogP contribution in [0.5, 0.6) is 0 Å². The van der Waals surface area contributed by atoms with Crippen LogP contribution in [-0.4, -0.2) is 20.3 Å². The Morgan fingerprint density at radius 3 is 2.58 bits per heavy atom. The minimum atomic E-state index is -1.06. The predicted molar refractivity (Wildman–Crippen MR) is 92.7 cm³/mol. The summed E-state index contributed by atoms with van der Waals surface area (Å²) in [6.07, 6.45) is 5.38. The van der Waals surface area contributed by atoms with E-state index in [-0.39, 0.29) is 5.56 Å². The smallest absolute Gasteiger partial charge is 0.255 e. The van der Waals surface area contributed by atoms with Crippen molar-refractivity contribution in [3.05, 3.63) is 84.3 Å². The van der Waals surface area contributed by atoms with Gasteiger partial charge in [-0.1, -0.05) is 12.1 Å². The summed E-state index contributed by atoms with van der Waals surface area (Å²) in [5.41, 5.74) is 2.19. The Bertz CT molecular complexity index is 1070. The molecular formula is C19H12F2N4O. The van der Waals surface area contributed by atoms with Gasteiger partial charge < -0.3 is 5.32 Å². The van der Waals surface area contributed by atoms with Crippen LogP contribution in [-0.2, 0) is 0 Å². The van der Waals surface area contributed by atoms with Gasteiger partial charge in [-0.2, -0.15) is 0 Å². The first-order valence-corrected chi connectivity index (χ1v) is 7.77. The van der Waals surface area contributed by atoms with Crippen molar-refractivity contribution >= 4 is 17.4 Å². The Labute approximate surface area is 147 Å². The number of hydrogen-bond acceptors (Lipinski definition) is 3. The molecule has 0 saturated carbocycles. The molecule has 128 valence electrons. The molecule has 0 aliphatic heterocycles. The number of anilines is 1. The molecular weight excluding hydrogens is 338 g/mol. The van der Waals surface area contributed by atoms with Crippen LogP contribution in [0.4, 0.5) is 14.5 Å². The maximum absolute atomic E-state index is 13.2.